The van der Waals surface area contributed by atoms with Gasteiger partial charge < -0.3 is 15.7 Å². The van der Waals surface area contributed by atoms with E-state index in [4.69, 9.17) is 5.11 Å². The Hall–Kier alpha value is -2.21. The van der Waals surface area contributed by atoms with Gasteiger partial charge in [-0.05, 0) is 37.1 Å². The van der Waals surface area contributed by atoms with Crippen LogP contribution in [0.15, 0.2) is 30.3 Å². The second-order valence-electron chi connectivity index (χ2n) is 5.06. The van der Waals surface area contributed by atoms with Crippen LogP contribution in [0.25, 0.3) is 0 Å². The number of nitrogens with one attached hydrogen (secondary N) is 2. The van der Waals surface area contributed by atoms with Crippen molar-refractivity contribution in [1.82, 2.24) is 9.97 Å². The fraction of sp³-hybridized carbons (Fsp3) is 0.333. The van der Waals surface area contributed by atoms with Gasteiger partial charge in [-0.3, -0.25) is 0 Å². The molecule has 3 N–H and O–H groups in total. The number of aliphatic hydroxyl groups is 1. The number of halogens is 1. The van der Waals surface area contributed by atoms with E-state index in [9.17, 15) is 4.39 Å². The molecule has 1 aliphatic carbocycles. The lowest BCUT2D eigenvalue weighted by molar-refractivity contribution is 0.311. The van der Waals surface area contributed by atoms with Gasteiger partial charge in [0.2, 0.25) is 5.95 Å². The van der Waals surface area contributed by atoms with Crippen molar-refractivity contribution in [2.45, 2.75) is 18.8 Å². The first-order valence-electron chi connectivity index (χ1n) is 7.01. The quantitative estimate of drug-likeness (QED) is 0.762. The molecule has 1 saturated carbocycles. The third-order valence-corrected chi connectivity index (χ3v) is 3.25. The first kappa shape index (κ1) is 13.8. The molecule has 0 aliphatic heterocycles. The normalized spacial score (nSPS) is 14.0. The highest BCUT2D eigenvalue weighted by molar-refractivity contribution is 5.57. The van der Waals surface area contributed by atoms with Crippen molar-refractivity contribution in [3.05, 3.63) is 41.8 Å². The number of nitrogens with zero attached hydrogens (tertiary/aromatic N) is 2. The number of aromatic nitrogens is 2. The molecule has 0 saturated heterocycles. The highest BCUT2D eigenvalue weighted by Crippen LogP contribution is 2.40. The lowest BCUT2D eigenvalue weighted by atomic mass is 10.2. The summed E-state index contributed by atoms with van der Waals surface area (Å²) in [4.78, 5) is 8.82. The van der Waals surface area contributed by atoms with Crippen LogP contribution in [0.4, 0.5) is 21.8 Å². The number of benzene rings is 1. The summed E-state index contributed by atoms with van der Waals surface area (Å²) >= 11 is 0. The topological polar surface area (TPSA) is 70.1 Å². The van der Waals surface area contributed by atoms with Crippen molar-refractivity contribution in [3.8, 4) is 0 Å². The molecule has 6 heteroatoms. The highest BCUT2D eigenvalue weighted by Gasteiger charge is 2.26. The smallest absolute Gasteiger partial charge is 0.224 e. The van der Waals surface area contributed by atoms with Crippen molar-refractivity contribution >= 4 is 17.5 Å². The molecule has 1 heterocycles. The molecule has 21 heavy (non-hydrogen) atoms. The second-order valence-corrected chi connectivity index (χ2v) is 5.06. The molecule has 0 amide bonds. The fourth-order valence-corrected chi connectivity index (χ4v) is 2.05. The van der Waals surface area contributed by atoms with E-state index in [0.29, 0.717) is 24.2 Å². The highest BCUT2D eigenvalue weighted by atomic mass is 19.1. The molecular formula is C15H17FN4O. The van der Waals surface area contributed by atoms with Crippen LogP contribution in [0.5, 0.6) is 0 Å². The zero-order chi connectivity index (χ0) is 14.7. The van der Waals surface area contributed by atoms with E-state index in [1.807, 2.05) is 6.07 Å². The zero-order valence-corrected chi connectivity index (χ0v) is 11.5. The molecule has 0 unspecified atom stereocenters. The minimum Gasteiger partial charge on any atom is -0.395 e. The van der Waals surface area contributed by atoms with E-state index in [1.54, 1.807) is 12.1 Å². The zero-order valence-electron chi connectivity index (χ0n) is 11.5. The predicted octanol–water partition coefficient (Wildman–Crippen LogP) is 2.64. The van der Waals surface area contributed by atoms with E-state index in [-0.39, 0.29) is 12.4 Å². The van der Waals surface area contributed by atoms with Gasteiger partial charge in [0.05, 0.1) is 12.3 Å². The SMILES string of the molecule is OCCNc1nc(Nc2ccc(F)cc2)cc(C2CC2)n1. The summed E-state index contributed by atoms with van der Waals surface area (Å²) in [6.07, 6.45) is 2.29. The van der Waals surface area contributed by atoms with E-state index in [1.165, 1.54) is 12.1 Å². The van der Waals surface area contributed by atoms with Crippen molar-refractivity contribution < 1.29 is 9.50 Å². The van der Waals surface area contributed by atoms with Crippen LogP contribution in [0.3, 0.4) is 0 Å². The molecule has 5 nitrogen and oxygen atoms in total. The van der Waals surface area contributed by atoms with Crippen LogP contribution in [0.2, 0.25) is 0 Å². The van der Waals surface area contributed by atoms with Crippen molar-refractivity contribution in [2.24, 2.45) is 0 Å². The van der Waals surface area contributed by atoms with Crippen LogP contribution in [0, 0.1) is 5.82 Å². The fourth-order valence-electron chi connectivity index (χ4n) is 2.05. The summed E-state index contributed by atoms with van der Waals surface area (Å²) in [7, 11) is 0. The van der Waals surface area contributed by atoms with Gasteiger partial charge >= 0.3 is 0 Å². The van der Waals surface area contributed by atoms with E-state index >= 15 is 0 Å². The number of aliphatic hydroxyl groups excluding tert-OH is 1. The Morgan fingerprint density at radius 3 is 2.62 bits per heavy atom. The van der Waals surface area contributed by atoms with Gasteiger partial charge in [-0.2, -0.15) is 4.98 Å². The number of anilines is 3. The maximum Gasteiger partial charge on any atom is 0.224 e. The van der Waals surface area contributed by atoms with Gasteiger partial charge in [0.1, 0.15) is 11.6 Å². The Balaban J connectivity index is 1.82. The standard InChI is InChI=1S/C15H17FN4O/c16-11-3-5-12(6-4-11)18-14-9-13(10-1-2-10)19-15(20-14)17-7-8-21/h3-6,9-10,21H,1-2,7-8H2,(H2,17,18,19,20). The van der Waals surface area contributed by atoms with Crippen molar-refractivity contribution in [1.29, 1.82) is 0 Å². The Labute approximate surface area is 122 Å². The third kappa shape index (κ3) is 3.66. The van der Waals surface area contributed by atoms with Crippen LogP contribution in [-0.2, 0) is 0 Å². The number of rotatable bonds is 6. The van der Waals surface area contributed by atoms with Gasteiger partial charge in [0.15, 0.2) is 0 Å². The van der Waals surface area contributed by atoms with Gasteiger partial charge in [0, 0.05) is 24.2 Å². The average molecular weight is 288 g/mol. The molecule has 1 aromatic carbocycles. The lowest BCUT2D eigenvalue weighted by Gasteiger charge is -2.10. The molecule has 0 spiro atoms. The molecule has 0 radical (unpaired) electrons. The molecule has 2 aromatic rings. The Kier molecular flexibility index (Phi) is 3.96. The minimum absolute atomic E-state index is 0.0255. The minimum atomic E-state index is -0.271. The van der Waals surface area contributed by atoms with Gasteiger partial charge in [-0.15, -0.1) is 0 Å². The van der Waals surface area contributed by atoms with E-state index < -0.39 is 0 Å². The maximum atomic E-state index is 12.9. The van der Waals surface area contributed by atoms with E-state index in [2.05, 4.69) is 20.6 Å². The molecule has 0 bridgehead atoms. The Morgan fingerprint density at radius 2 is 1.95 bits per heavy atom. The molecule has 1 aliphatic rings. The summed E-state index contributed by atoms with van der Waals surface area (Å²) in [6.45, 7) is 0.432. The first-order chi connectivity index (χ1) is 10.2. The summed E-state index contributed by atoms with van der Waals surface area (Å²) in [5.74, 6) is 1.39. The van der Waals surface area contributed by atoms with Crippen LogP contribution in [-0.4, -0.2) is 28.2 Å². The third-order valence-electron chi connectivity index (χ3n) is 3.25. The second kappa shape index (κ2) is 6.05. The molecule has 3 rings (SSSR count). The summed E-state index contributed by atoms with van der Waals surface area (Å²) in [5.41, 5.74) is 1.76. The summed E-state index contributed by atoms with van der Waals surface area (Å²) in [5, 5.41) is 15.0. The van der Waals surface area contributed by atoms with Gasteiger partial charge in [-0.25, -0.2) is 9.37 Å². The van der Waals surface area contributed by atoms with Gasteiger partial charge in [0.25, 0.3) is 0 Å². The van der Waals surface area contributed by atoms with E-state index in [0.717, 1.165) is 24.2 Å². The Bertz CT molecular complexity index is 614. The summed E-state index contributed by atoms with van der Waals surface area (Å²) < 4.78 is 12.9. The molecule has 1 aromatic heterocycles. The monoisotopic (exact) mass is 288 g/mol. The van der Waals surface area contributed by atoms with Crippen LogP contribution >= 0.6 is 0 Å². The van der Waals surface area contributed by atoms with Crippen molar-refractivity contribution in [2.75, 3.05) is 23.8 Å². The molecule has 0 atom stereocenters. The molecular weight excluding hydrogens is 271 g/mol. The first-order valence-corrected chi connectivity index (χ1v) is 7.01. The number of hydrogen-bond donors (Lipinski definition) is 3. The van der Waals surface area contributed by atoms with Crippen LogP contribution in [0.1, 0.15) is 24.5 Å². The molecule has 1 fully saturated rings. The Morgan fingerprint density at radius 1 is 1.19 bits per heavy atom. The number of hydrogen-bond acceptors (Lipinski definition) is 5. The summed E-state index contributed by atoms with van der Waals surface area (Å²) in [6, 6.07) is 8.04. The average Bonchev–Trinajstić information content (AvgIpc) is 3.32. The van der Waals surface area contributed by atoms with Gasteiger partial charge in [-0.1, -0.05) is 0 Å². The lowest BCUT2D eigenvalue weighted by Crippen LogP contribution is -2.10. The predicted molar refractivity (Wildman–Crippen MR) is 79.3 cm³/mol. The van der Waals surface area contributed by atoms with Crippen LogP contribution < -0.4 is 10.6 Å². The molecule has 110 valence electrons. The largest absolute Gasteiger partial charge is 0.395 e. The van der Waals surface area contributed by atoms with Crippen molar-refractivity contribution in [3.63, 3.8) is 0 Å². The maximum absolute atomic E-state index is 12.9.